The maximum absolute atomic E-state index is 14.0. The SMILES string of the molecule is Fc1c(OCCC2CC2)ccc(OCC2CCCC2)c1F. The monoisotopic (exact) mass is 296 g/mol. The molecule has 2 fully saturated rings. The van der Waals surface area contributed by atoms with Gasteiger partial charge in [-0.2, -0.15) is 8.78 Å². The number of ether oxygens (including phenoxy) is 2. The molecule has 0 aliphatic heterocycles. The second-order valence-corrected chi connectivity index (χ2v) is 6.23. The van der Waals surface area contributed by atoms with Crippen LogP contribution in [0.1, 0.15) is 44.9 Å². The Labute approximate surface area is 124 Å². The summed E-state index contributed by atoms with van der Waals surface area (Å²) in [4.78, 5) is 0. The van der Waals surface area contributed by atoms with E-state index < -0.39 is 11.6 Å². The van der Waals surface area contributed by atoms with Crippen molar-refractivity contribution in [1.82, 2.24) is 0 Å². The number of hydrogen-bond acceptors (Lipinski definition) is 2. The smallest absolute Gasteiger partial charge is 0.204 e. The summed E-state index contributed by atoms with van der Waals surface area (Å²) >= 11 is 0. The Morgan fingerprint density at radius 3 is 2.10 bits per heavy atom. The predicted molar refractivity (Wildman–Crippen MR) is 76.6 cm³/mol. The van der Waals surface area contributed by atoms with Crippen LogP contribution in [0.15, 0.2) is 12.1 Å². The van der Waals surface area contributed by atoms with Crippen LogP contribution in [0.25, 0.3) is 0 Å². The highest BCUT2D eigenvalue weighted by Crippen LogP contribution is 2.33. The summed E-state index contributed by atoms with van der Waals surface area (Å²) in [5.74, 6) is -0.698. The minimum Gasteiger partial charge on any atom is -0.490 e. The normalized spacial score (nSPS) is 19.0. The van der Waals surface area contributed by atoms with E-state index >= 15 is 0 Å². The second-order valence-electron chi connectivity index (χ2n) is 6.23. The van der Waals surface area contributed by atoms with Gasteiger partial charge in [0.05, 0.1) is 13.2 Å². The molecule has 3 rings (SSSR count). The lowest BCUT2D eigenvalue weighted by Crippen LogP contribution is -2.10. The fourth-order valence-electron chi connectivity index (χ4n) is 2.86. The van der Waals surface area contributed by atoms with Gasteiger partial charge in [-0.25, -0.2) is 0 Å². The molecule has 1 aromatic carbocycles. The molecule has 1 aromatic rings. The van der Waals surface area contributed by atoms with Crippen LogP contribution in [0.5, 0.6) is 11.5 Å². The van der Waals surface area contributed by atoms with Crippen LogP contribution < -0.4 is 9.47 Å². The molecule has 2 aliphatic carbocycles. The summed E-state index contributed by atoms with van der Waals surface area (Å²) in [5.41, 5.74) is 0. The second kappa shape index (κ2) is 6.63. The largest absolute Gasteiger partial charge is 0.490 e. The molecule has 0 atom stereocenters. The lowest BCUT2D eigenvalue weighted by atomic mass is 10.1. The van der Waals surface area contributed by atoms with Crippen molar-refractivity contribution in [2.75, 3.05) is 13.2 Å². The van der Waals surface area contributed by atoms with Crippen molar-refractivity contribution >= 4 is 0 Å². The molecule has 0 bridgehead atoms. The first-order valence-electron chi connectivity index (χ1n) is 7.97. The van der Waals surface area contributed by atoms with Crippen LogP contribution >= 0.6 is 0 Å². The average Bonchev–Trinajstić information content (AvgIpc) is 3.16. The van der Waals surface area contributed by atoms with Gasteiger partial charge in [0.1, 0.15) is 0 Å². The van der Waals surface area contributed by atoms with Crippen molar-refractivity contribution < 1.29 is 18.3 Å². The molecule has 0 heterocycles. The highest BCUT2D eigenvalue weighted by atomic mass is 19.2. The van der Waals surface area contributed by atoms with Crippen molar-refractivity contribution in [2.24, 2.45) is 11.8 Å². The van der Waals surface area contributed by atoms with E-state index in [1.54, 1.807) is 0 Å². The van der Waals surface area contributed by atoms with E-state index in [4.69, 9.17) is 9.47 Å². The summed E-state index contributed by atoms with van der Waals surface area (Å²) in [6, 6.07) is 2.94. The van der Waals surface area contributed by atoms with Crippen LogP contribution in [0.3, 0.4) is 0 Å². The summed E-state index contributed by atoms with van der Waals surface area (Å²) in [7, 11) is 0. The van der Waals surface area contributed by atoms with Crippen LogP contribution in [-0.2, 0) is 0 Å². The molecule has 0 radical (unpaired) electrons. The molecule has 4 heteroatoms. The van der Waals surface area contributed by atoms with Crippen molar-refractivity contribution in [3.63, 3.8) is 0 Å². The summed E-state index contributed by atoms with van der Waals surface area (Å²) < 4.78 is 38.6. The molecule has 2 saturated carbocycles. The van der Waals surface area contributed by atoms with Gasteiger partial charge in [0.15, 0.2) is 11.5 Å². The molecule has 0 N–H and O–H groups in total. The minimum atomic E-state index is -0.935. The van der Waals surface area contributed by atoms with E-state index in [2.05, 4.69) is 0 Å². The lowest BCUT2D eigenvalue weighted by molar-refractivity contribution is 0.234. The van der Waals surface area contributed by atoms with Crippen LogP contribution in [0, 0.1) is 23.5 Å². The molecule has 21 heavy (non-hydrogen) atoms. The Bertz CT molecular complexity index is 480. The van der Waals surface area contributed by atoms with Crippen LogP contribution in [0.2, 0.25) is 0 Å². The van der Waals surface area contributed by atoms with Crippen molar-refractivity contribution in [3.8, 4) is 11.5 Å². The quantitative estimate of drug-likeness (QED) is 0.725. The fraction of sp³-hybridized carbons (Fsp3) is 0.647. The van der Waals surface area contributed by atoms with Gasteiger partial charge >= 0.3 is 0 Å². The molecule has 0 amide bonds. The van der Waals surface area contributed by atoms with E-state index in [0.29, 0.717) is 25.0 Å². The lowest BCUT2D eigenvalue weighted by Gasteiger charge is -2.14. The third-order valence-electron chi connectivity index (χ3n) is 4.44. The zero-order valence-electron chi connectivity index (χ0n) is 12.2. The molecule has 2 aliphatic rings. The average molecular weight is 296 g/mol. The fourth-order valence-corrected chi connectivity index (χ4v) is 2.86. The summed E-state index contributed by atoms with van der Waals surface area (Å²) in [6.45, 7) is 0.918. The Morgan fingerprint density at radius 1 is 0.857 bits per heavy atom. The summed E-state index contributed by atoms with van der Waals surface area (Å²) in [6.07, 6.45) is 8.03. The van der Waals surface area contributed by atoms with Gasteiger partial charge in [-0.1, -0.05) is 25.7 Å². The first kappa shape index (κ1) is 14.6. The highest BCUT2D eigenvalue weighted by Gasteiger charge is 2.22. The molecule has 0 saturated heterocycles. The van der Waals surface area contributed by atoms with Gasteiger partial charge in [-0.15, -0.1) is 0 Å². The topological polar surface area (TPSA) is 18.5 Å². The summed E-state index contributed by atoms with van der Waals surface area (Å²) in [5, 5.41) is 0. The van der Waals surface area contributed by atoms with Gasteiger partial charge in [0.2, 0.25) is 11.6 Å². The number of hydrogen-bond donors (Lipinski definition) is 0. The van der Waals surface area contributed by atoms with Gasteiger partial charge < -0.3 is 9.47 Å². The first-order chi connectivity index (χ1) is 10.2. The van der Waals surface area contributed by atoms with Crippen LogP contribution in [-0.4, -0.2) is 13.2 Å². The molecular formula is C17H22F2O2. The third-order valence-corrected chi connectivity index (χ3v) is 4.44. The predicted octanol–water partition coefficient (Wildman–Crippen LogP) is 4.71. The van der Waals surface area contributed by atoms with Crippen molar-refractivity contribution in [1.29, 1.82) is 0 Å². The molecular weight excluding hydrogens is 274 g/mol. The van der Waals surface area contributed by atoms with Gasteiger partial charge in [-0.3, -0.25) is 0 Å². The van der Waals surface area contributed by atoms with Gasteiger partial charge in [0.25, 0.3) is 0 Å². The van der Waals surface area contributed by atoms with Crippen molar-refractivity contribution in [3.05, 3.63) is 23.8 Å². The van der Waals surface area contributed by atoms with E-state index in [-0.39, 0.29) is 11.5 Å². The Morgan fingerprint density at radius 2 is 1.48 bits per heavy atom. The maximum Gasteiger partial charge on any atom is 0.204 e. The number of benzene rings is 1. The Balaban J connectivity index is 1.55. The third kappa shape index (κ3) is 3.86. The zero-order chi connectivity index (χ0) is 14.7. The van der Waals surface area contributed by atoms with E-state index in [0.717, 1.165) is 19.3 Å². The van der Waals surface area contributed by atoms with E-state index in [1.165, 1.54) is 37.8 Å². The standard InChI is InChI=1S/C17H22F2O2/c18-16-14(20-10-9-12-5-6-12)7-8-15(17(16)19)21-11-13-3-1-2-4-13/h7-8,12-13H,1-6,9-11H2. The Hall–Kier alpha value is -1.32. The molecule has 0 unspecified atom stereocenters. The van der Waals surface area contributed by atoms with Crippen molar-refractivity contribution in [2.45, 2.75) is 44.9 Å². The number of rotatable bonds is 7. The molecule has 2 nitrogen and oxygen atoms in total. The maximum atomic E-state index is 14.0. The minimum absolute atomic E-state index is 0.00561. The van der Waals surface area contributed by atoms with Gasteiger partial charge in [0, 0.05) is 0 Å². The van der Waals surface area contributed by atoms with Gasteiger partial charge in [-0.05, 0) is 43.2 Å². The highest BCUT2D eigenvalue weighted by molar-refractivity contribution is 5.35. The first-order valence-corrected chi connectivity index (χ1v) is 7.97. The van der Waals surface area contributed by atoms with E-state index in [1.807, 2.05) is 0 Å². The zero-order valence-corrected chi connectivity index (χ0v) is 12.2. The molecule has 0 spiro atoms. The van der Waals surface area contributed by atoms with E-state index in [9.17, 15) is 8.78 Å². The van der Waals surface area contributed by atoms with Crippen LogP contribution in [0.4, 0.5) is 8.78 Å². The molecule has 116 valence electrons. The Kier molecular flexibility index (Phi) is 4.61. The molecule has 0 aromatic heterocycles. The number of halogens is 2.